The first-order chi connectivity index (χ1) is 10.6. The van der Waals surface area contributed by atoms with Gasteiger partial charge in [-0.3, -0.25) is 0 Å². The van der Waals surface area contributed by atoms with Gasteiger partial charge in [-0.25, -0.2) is 0 Å². The summed E-state index contributed by atoms with van der Waals surface area (Å²) in [5, 5.41) is 0.394. The topological polar surface area (TPSA) is 12.0 Å². The Kier molecular flexibility index (Phi) is 5.65. The molecule has 0 atom stereocenters. The van der Waals surface area contributed by atoms with Crippen molar-refractivity contribution in [3.63, 3.8) is 0 Å². The van der Waals surface area contributed by atoms with Crippen LogP contribution in [0, 0.1) is 0 Å². The second-order valence-corrected chi connectivity index (χ2v) is 29.3. The molecule has 0 bridgehead atoms. The van der Waals surface area contributed by atoms with Gasteiger partial charge in [0.25, 0.3) is 0 Å². The zero-order valence-corrected chi connectivity index (χ0v) is 22.9. The van der Waals surface area contributed by atoms with Gasteiger partial charge in [-0.1, -0.05) is 0 Å². The SMILES string of the molecule is Cn1cc[n+](C)c1[B-]1(C(C)(C)C)[Se]B(N([Si](C)(C)C)[Si](C)(C)C)[Se]1. The van der Waals surface area contributed by atoms with Crippen LogP contribution in [0.2, 0.25) is 44.6 Å². The maximum atomic E-state index is 3.09. The third-order valence-electron chi connectivity index (χ3n) is 4.99. The van der Waals surface area contributed by atoms with E-state index in [4.69, 9.17) is 0 Å². The van der Waals surface area contributed by atoms with Gasteiger partial charge in [0.05, 0.1) is 0 Å². The van der Waals surface area contributed by atoms with Gasteiger partial charge in [0, 0.05) is 0 Å². The number of hydrogen-bond acceptors (Lipinski definition) is 1. The van der Waals surface area contributed by atoms with E-state index in [2.05, 4.69) is 99.8 Å². The maximum absolute atomic E-state index is 3.09. The predicted molar refractivity (Wildman–Crippen MR) is 117 cm³/mol. The first-order valence-corrected chi connectivity index (χ1v) is 19.8. The van der Waals surface area contributed by atoms with Crippen LogP contribution in [0.15, 0.2) is 12.4 Å². The van der Waals surface area contributed by atoms with Crippen LogP contribution in [0.4, 0.5) is 0 Å². The molecule has 1 aliphatic rings. The molecule has 9 heteroatoms. The zero-order chi connectivity index (χ0) is 18.7. The Labute approximate surface area is 164 Å². The van der Waals surface area contributed by atoms with Crippen LogP contribution in [0.3, 0.4) is 0 Å². The van der Waals surface area contributed by atoms with E-state index in [1.807, 2.05) is 0 Å². The molecule has 1 aromatic rings. The van der Waals surface area contributed by atoms with Crippen molar-refractivity contribution in [2.24, 2.45) is 14.1 Å². The van der Waals surface area contributed by atoms with Crippen molar-refractivity contribution in [1.29, 1.82) is 0 Å². The van der Waals surface area contributed by atoms with Crippen molar-refractivity contribution in [2.45, 2.75) is 65.4 Å². The summed E-state index contributed by atoms with van der Waals surface area (Å²) in [6, 6.07) is 0. The Morgan fingerprint density at radius 3 is 1.83 bits per heavy atom. The number of rotatable bonds is 4. The Balaban J connectivity index is 2.42. The van der Waals surface area contributed by atoms with E-state index in [0.717, 1.165) is 4.47 Å². The van der Waals surface area contributed by atoms with Gasteiger partial charge in [-0.05, 0) is 0 Å². The van der Waals surface area contributed by atoms with Crippen LogP contribution in [0.1, 0.15) is 20.8 Å². The predicted octanol–water partition coefficient (Wildman–Crippen LogP) is 1.68. The van der Waals surface area contributed by atoms with Crippen LogP contribution in [-0.2, 0) is 14.1 Å². The molecule has 0 saturated carbocycles. The van der Waals surface area contributed by atoms with Gasteiger partial charge in [-0.2, -0.15) is 0 Å². The van der Waals surface area contributed by atoms with Crippen molar-refractivity contribution < 1.29 is 4.57 Å². The van der Waals surface area contributed by atoms with Crippen LogP contribution in [-0.4, -0.2) is 62.6 Å². The number of aromatic nitrogens is 2. The number of hydrogen-bond donors (Lipinski definition) is 0. The molecular weight excluding hydrogens is 458 g/mol. The second-order valence-electron chi connectivity index (χ2n) is 10.2. The summed E-state index contributed by atoms with van der Waals surface area (Å²) in [6.07, 6.45) is 4.50. The fraction of sp³-hybridized carbons (Fsp3) is 0.800. The van der Waals surface area contributed by atoms with E-state index < -0.39 is 20.2 Å². The van der Waals surface area contributed by atoms with Crippen LogP contribution in [0.5, 0.6) is 0 Å². The summed E-state index contributed by atoms with van der Waals surface area (Å²) in [6.45, 7) is 22.8. The van der Waals surface area contributed by atoms with E-state index >= 15 is 0 Å². The monoisotopic (exact) mass is 495 g/mol. The average Bonchev–Trinajstić information content (AvgIpc) is 2.58. The molecule has 0 aromatic carbocycles. The molecule has 1 saturated heterocycles. The zero-order valence-electron chi connectivity index (χ0n) is 17.5. The normalized spacial score (nSPS) is 18.9. The molecule has 0 unspecified atom stereocenters. The molecule has 3 nitrogen and oxygen atoms in total. The van der Waals surface area contributed by atoms with Gasteiger partial charge in [0.2, 0.25) is 0 Å². The van der Waals surface area contributed by atoms with Crippen molar-refractivity contribution in [2.75, 3.05) is 0 Å². The summed E-state index contributed by atoms with van der Waals surface area (Å²) in [7, 11) is 1.97. The van der Waals surface area contributed by atoms with Crippen LogP contribution >= 0.6 is 0 Å². The summed E-state index contributed by atoms with van der Waals surface area (Å²) < 4.78 is 8.43. The third kappa shape index (κ3) is 3.60. The number of nitrogens with zero attached hydrogens (tertiary/aromatic N) is 3. The van der Waals surface area contributed by atoms with Gasteiger partial charge in [-0.15, -0.1) is 0 Å². The minimum absolute atomic E-state index is 0.394. The molecule has 2 heterocycles. The molecular formula is C15H35B2N3Se2Si2. The van der Waals surface area contributed by atoms with Gasteiger partial charge in [0.1, 0.15) is 0 Å². The molecule has 0 aliphatic carbocycles. The molecule has 1 fully saturated rings. The average molecular weight is 493 g/mol. The van der Waals surface area contributed by atoms with Gasteiger partial charge in [0.15, 0.2) is 0 Å². The molecule has 0 spiro atoms. The van der Waals surface area contributed by atoms with E-state index in [1.54, 1.807) is 5.72 Å². The first kappa shape index (κ1) is 21.1. The van der Waals surface area contributed by atoms with E-state index in [0.29, 0.717) is 34.5 Å². The number of imidazole rings is 1. The van der Waals surface area contributed by atoms with Gasteiger partial charge >= 0.3 is 165 Å². The molecule has 136 valence electrons. The van der Waals surface area contributed by atoms with E-state index in [1.165, 1.54) is 0 Å². The standard InChI is InChI=1S/C15H35B2N3Se2Si2/c1-15(2,3)17(14-18(4)12-13-19(14)5)21-16(22-17)20(23(6,7)8)24(9,10)11/h12-13H,1-11H3. The Morgan fingerprint density at radius 1 is 1.08 bits per heavy atom. The molecule has 24 heavy (non-hydrogen) atoms. The van der Waals surface area contributed by atoms with Crippen molar-refractivity contribution in [1.82, 2.24) is 8.71 Å². The Morgan fingerprint density at radius 2 is 1.54 bits per heavy atom. The Hall–Kier alpha value is 0.773. The van der Waals surface area contributed by atoms with Crippen LogP contribution in [0.25, 0.3) is 0 Å². The molecule has 1 aromatic heterocycles. The van der Waals surface area contributed by atoms with Crippen molar-refractivity contribution in [3.05, 3.63) is 12.4 Å². The minimum atomic E-state index is -1.27. The summed E-state index contributed by atoms with van der Waals surface area (Å²) in [5.41, 5.74) is 1.62. The Bertz CT molecular complexity index is 578. The molecule has 0 radical (unpaired) electrons. The van der Waals surface area contributed by atoms with Crippen molar-refractivity contribution >= 4 is 59.7 Å². The first-order valence-electron chi connectivity index (χ1n) is 8.92. The fourth-order valence-corrected chi connectivity index (χ4v) is 33.0. The van der Waals surface area contributed by atoms with E-state index in [-0.39, 0.29) is 0 Å². The van der Waals surface area contributed by atoms with Crippen LogP contribution < -0.4 is 10.3 Å². The summed E-state index contributed by atoms with van der Waals surface area (Å²) in [4.78, 5) is 0. The summed E-state index contributed by atoms with van der Waals surface area (Å²) >= 11 is 1.39. The van der Waals surface area contributed by atoms with Gasteiger partial charge < -0.3 is 0 Å². The molecule has 2 rings (SSSR count). The summed E-state index contributed by atoms with van der Waals surface area (Å²) in [5.74, 6) is 0. The molecule has 1 aliphatic heterocycles. The fourth-order valence-electron chi connectivity index (χ4n) is 4.15. The quantitative estimate of drug-likeness (QED) is 0.460. The van der Waals surface area contributed by atoms with Crippen molar-refractivity contribution in [3.8, 4) is 0 Å². The number of aryl methyl sites for hydroxylation is 2. The van der Waals surface area contributed by atoms with E-state index in [9.17, 15) is 0 Å². The molecule has 0 amide bonds. The third-order valence-corrected chi connectivity index (χ3v) is 26.3. The molecule has 0 N–H and O–H groups in total. The second kappa shape index (κ2) is 6.43.